The maximum atomic E-state index is 11.9. The van der Waals surface area contributed by atoms with Crippen LogP contribution in [-0.4, -0.2) is 25.6 Å². The summed E-state index contributed by atoms with van der Waals surface area (Å²) in [7, 11) is 0. The largest absolute Gasteiger partial charge is 0.492 e. The molecule has 1 unspecified atom stereocenters. The van der Waals surface area contributed by atoms with E-state index < -0.39 is 0 Å². The third kappa shape index (κ3) is 3.15. The first-order chi connectivity index (χ1) is 8.70. The van der Waals surface area contributed by atoms with Gasteiger partial charge in [-0.05, 0) is 43.1 Å². The minimum absolute atomic E-state index is 0.0223. The summed E-state index contributed by atoms with van der Waals surface area (Å²) in [6.45, 7) is 1.62. The van der Waals surface area contributed by atoms with Crippen molar-refractivity contribution in [3.05, 3.63) is 28.8 Å². The normalized spacial score (nSPS) is 17.8. The van der Waals surface area contributed by atoms with Crippen molar-refractivity contribution in [1.82, 2.24) is 5.32 Å². The molecule has 0 aromatic heterocycles. The maximum absolute atomic E-state index is 11.9. The number of fused-ring (bicyclic) bond motifs is 1. The second-order valence-electron chi connectivity index (χ2n) is 4.40. The topological polar surface area (TPSA) is 64.3 Å². The van der Waals surface area contributed by atoms with Crippen LogP contribution in [0.15, 0.2) is 18.2 Å². The van der Waals surface area contributed by atoms with E-state index in [0.717, 1.165) is 17.7 Å². The summed E-state index contributed by atoms with van der Waals surface area (Å²) >= 11 is 5.94. The van der Waals surface area contributed by atoms with Gasteiger partial charge in [-0.15, -0.1) is 0 Å². The van der Waals surface area contributed by atoms with Crippen molar-refractivity contribution in [2.75, 3.05) is 19.7 Å². The summed E-state index contributed by atoms with van der Waals surface area (Å²) < 4.78 is 5.57. The highest BCUT2D eigenvalue weighted by Gasteiger charge is 2.25. The molecule has 0 saturated carbocycles. The molecule has 4 nitrogen and oxygen atoms in total. The van der Waals surface area contributed by atoms with Crippen LogP contribution in [0.2, 0.25) is 5.02 Å². The van der Waals surface area contributed by atoms with Gasteiger partial charge in [0.2, 0.25) is 5.91 Å². The van der Waals surface area contributed by atoms with Crippen LogP contribution in [0.3, 0.4) is 0 Å². The van der Waals surface area contributed by atoms with Gasteiger partial charge in [-0.25, -0.2) is 0 Å². The van der Waals surface area contributed by atoms with Gasteiger partial charge < -0.3 is 15.8 Å². The molecule has 3 N–H and O–H groups in total. The summed E-state index contributed by atoms with van der Waals surface area (Å²) in [4.78, 5) is 11.9. The predicted octanol–water partition coefficient (Wildman–Crippen LogP) is 1.36. The van der Waals surface area contributed by atoms with Crippen LogP contribution in [-0.2, 0) is 11.2 Å². The average molecular weight is 269 g/mol. The molecule has 1 amide bonds. The molecule has 0 aliphatic carbocycles. The number of carbonyl (C=O) groups excluding carboxylic acids is 1. The number of rotatable bonds is 4. The Morgan fingerprint density at radius 1 is 1.56 bits per heavy atom. The number of hydrogen-bond donors (Lipinski definition) is 2. The van der Waals surface area contributed by atoms with Crippen molar-refractivity contribution < 1.29 is 9.53 Å². The van der Waals surface area contributed by atoms with Gasteiger partial charge in [-0.2, -0.15) is 0 Å². The maximum Gasteiger partial charge on any atom is 0.226 e. The molecule has 0 saturated heterocycles. The molecule has 0 spiro atoms. The number of nitrogens with two attached hydrogens (primary N) is 1. The summed E-state index contributed by atoms with van der Waals surface area (Å²) in [5, 5.41) is 3.53. The smallest absolute Gasteiger partial charge is 0.226 e. The molecule has 0 radical (unpaired) electrons. The number of benzene rings is 1. The van der Waals surface area contributed by atoms with Crippen LogP contribution in [0.1, 0.15) is 12.0 Å². The zero-order chi connectivity index (χ0) is 13.0. The SMILES string of the molecule is NCCCNC(=O)C1COc2ccc(Cl)cc2C1. The molecule has 18 heavy (non-hydrogen) atoms. The number of halogens is 1. The van der Waals surface area contributed by atoms with Gasteiger partial charge in [0.15, 0.2) is 0 Å². The standard InChI is InChI=1S/C13H17ClN2O2/c14-11-2-3-12-9(7-11)6-10(8-18-12)13(17)16-5-1-4-15/h2-3,7,10H,1,4-6,8,15H2,(H,16,17). The zero-order valence-corrected chi connectivity index (χ0v) is 10.9. The molecule has 0 fully saturated rings. The Hall–Kier alpha value is -1.26. The Bertz CT molecular complexity index is 437. The van der Waals surface area contributed by atoms with E-state index in [4.69, 9.17) is 22.1 Å². The van der Waals surface area contributed by atoms with E-state index in [0.29, 0.717) is 31.1 Å². The van der Waals surface area contributed by atoms with E-state index in [1.54, 1.807) is 6.07 Å². The van der Waals surface area contributed by atoms with Gasteiger partial charge in [-0.1, -0.05) is 11.6 Å². The van der Waals surface area contributed by atoms with Gasteiger partial charge in [-0.3, -0.25) is 4.79 Å². The Labute approximate surface area is 111 Å². The van der Waals surface area contributed by atoms with Crippen LogP contribution in [0.4, 0.5) is 0 Å². The number of carbonyl (C=O) groups is 1. The number of amides is 1. The summed E-state index contributed by atoms with van der Waals surface area (Å²) in [5.74, 6) is 0.702. The summed E-state index contributed by atoms with van der Waals surface area (Å²) in [5.41, 5.74) is 6.38. The Kier molecular flexibility index (Phi) is 4.44. The molecule has 2 rings (SSSR count). The molecule has 1 aromatic carbocycles. The van der Waals surface area contributed by atoms with E-state index >= 15 is 0 Å². The molecule has 1 aromatic rings. The van der Waals surface area contributed by atoms with Gasteiger partial charge in [0, 0.05) is 11.6 Å². The van der Waals surface area contributed by atoms with Crippen molar-refractivity contribution in [2.45, 2.75) is 12.8 Å². The molecule has 1 atom stereocenters. The highest BCUT2D eigenvalue weighted by molar-refractivity contribution is 6.30. The second kappa shape index (κ2) is 6.07. The highest BCUT2D eigenvalue weighted by Crippen LogP contribution is 2.29. The Morgan fingerprint density at radius 3 is 3.17 bits per heavy atom. The predicted molar refractivity (Wildman–Crippen MR) is 70.8 cm³/mol. The quantitative estimate of drug-likeness (QED) is 0.811. The van der Waals surface area contributed by atoms with Crippen molar-refractivity contribution in [3.63, 3.8) is 0 Å². The van der Waals surface area contributed by atoms with Crippen LogP contribution in [0.25, 0.3) is 0 Å². The molecule has 0 bridgehead atoms. The van der Waals surface area contributed by atoms with E-state index in [2.05, 4.69) is 5.32 Å². The molecule has 1 aliphatic heterocycles. The summed E-state index contributed by atoms with van der Waals surface area (Å²) in [6.07, 6.45) is 1.46. The van der Waals surface area contributed by atoms with Gasteiger partial charge >= 0.3 is 0 Å². The van der Waals surface area contributed by atoms with E-state index in [1.807, 2.05) is 12.1 Å². The fraction of sp³-hybridized carbons (Fsp3) is 0.462. The lowest BCUT2D eigenvalue weighted by molar-refractivity contribution is -0.126. The first kappa shape index (κ1) is 13.2. The van der Waals surface area contributed by atoms with Gasteiger partial charge in [0.25, 0.3) is 0 Å². The zero-order valence-electron chi connectivity index (χ0n) is 10.1. The van der Waals surface area contributed by atoms with E-state index in [-0.39, 0.29) is 11.8 Å². The van der Waals surface area contributed by atoms with Crippen molar-refractivity contribution in [3.8, 4) is 5.75 Å². The minimum atomic E-state index is -0.145. The van der Waals surface area contributed by atoms with Crippen LogP contribution < -0.4 is 15.8 Å². The van der Waals surface area contributed by atoms with Crippen LogP contribution >= 0.6 is 11.6 Å². The van der Waals surface area contributed by atoms with Crippen molar-refractivity contribution in [1.29, 1.82) is 0 Å². The third-order valence-electron chi connectivity index (χ3n) is 2.98. The molecular weight excluding hydrogens is 252 g/mol. The average Bonchev–Trinajstić information content (AvgIpc) is 2.38. The highest BCUT2D eigenvalue weighted by atomic mass is 35.5. The van der Waals surface area contributed by atoms with E-state index in [9.17, 15) is 4.79 Å². The van der Waals surface area contributed by atoms with Crippen LogP contribution in [0, 0.1) is 5.92 Å². The number of hydrogen-bond acceptors (Lipinski definition) is 3. The first-order valence-corrected chi connectivity index (χ1v) is 6.47. The minimum Gasteiger partial charge on any atom is -0.492 e. The van der Waals surface area contributed by atoms with Gasteiger partial charge in [0.05, 0.1) is 5.92 Å². The molecule has 5 heteroatoms. The summed E-state index contributed by atoms with van der Waals surface area (Å²) in [6, 6.07) is 5.50. The third-order valence-corrected chi connectivity index (χ3v) is 3.21. The Morgan fingerprint density at radius 2 is 2.39 bits per heavy atom. The fourth-order valence-electron chi connectivity index (χ4n) is 1.99. The second-order valence-corrected chi connectivity index (χ2v) is 4.83. The van der Waals surface area contributed by atoms with E-state index in [1.165, 1.54) is 0 Å². The Balaban J connectivity index is 1.96. The lowest BCUT2D eigenvalue weighted by Crippen LogP contribution is -2.38. The van der Waals surface area contributed by atoms with Gasteiger partial charge in [0.1, 0.15) is 12.4 Å². The molecular formula is C13H17ClN2O2. The number of ether oxygens (including phenoxy) is 1. The molecule has 1 aliphatic rings. The molecule has 98 valence electrons. The van der Waals surface area contributed by atoms with Crippen molar-refractivity contribution in [2.24, 2.45) is 11.7 Å². The monoisotopic (exact) mass is 268 g/mol. The first-order valence-electron chi connectivity index (χ1n) is 6.09. The van der Waals surface area contributed by atoms with Crippen molar-refractivity contribution >= 4 is 17.5 Å². The molecule has 1 heterocycles. The lowest BCUT2D eigenvalue weighted by Gasteiger charge is -2.24. The number of nitrogens with one attached hydrogen (secondary N) is 1. The van der Waals surface area contributed by atoms with Crippen LogP contribution in [0.5, 0.6) is 5.75 Å². The lowest BCUT2D eigenvalue weighted by atomic mass is 9.96. The fourth-order valence-corrected chi connectivity index (χ4v) is 2.18.